The molecule has 1 aromatic rings. The van der Waals surface area contributed by atoms with Crippen molar-refractivity contribution < 1.29 is 50.4 Å². The summed E-state index contributed by atoms with van der Waals surface area (Å²) in [5, 5.41) is 8.25. The van der Waals surface area contributed by atoms with Crippen molar-refractivity contribution in [2.75, 3.05) is 0 Å². The monoisotopic (exact) mass is 242 g/mol. The zero-order valence-electron chi connectivity index (χ0n) is 10.4. The van der Waals surface area contributed by atoms with Gasteiger partial charge in [0.1, 0.15) is 0 Å². The van der Waals surface area contributed by atoms with E-state index in [0.29, 0.717) is 0 Å². The molecule has 0 amide bonds. The first-order valence-corrected chi connectivity index (χ1v) is 4.52. The van der Waals surface area contributed by atoms with Crippen molar-refractivity contribution in [1.82, 2.24) is 0 Å². The van der Waals surface area contributed by atoms with Crippen LogP contribution in [-0.4, -0.2) is 17.0 Å². The van der Waals surface area contributed by atoms with Crippen LogP contribution in [0.4, 0.5) is 0 Å². The van der Waals surface area contributed by atoms with Gasteiger partial charge in [-0.25, -0.2) is 9.59 Å². The minimum atomic E-state index is -1.19. The summed E-state index contributed by atoms with van der Waals surface area (Å²) in [7, 11) is 0. The quantitative estimate of drug-likeness (QED) is 0.317. The Balaban J connectivity index is 0. The standard InChI is InChI=1S/C12H10O4.Na.H/c13-11(14)6-7-12(15)16-9-8-10-4-2-1-3-5-10;;/h1-9H,(H,13,14);;/q;+1;-1/b7-6-,9-8?;;. The van der Waals surface area contributed by atoms with Crippen molar-refractivity contribution in [3.05, 3.63) is 54.3 Å². The number of esters is 1. The number of hydrogen-bond donors (Lipinski definition) is 1. The van der Waals surface area contributed by atoms with Gasteiger partial charge in [0.2, 0.25) is 0 Å². The van der Waals surface area contributed by atoms with E-state index in [1.807, 2.05) is 30.3 Å². The largest absolute Gasteiger partial charge is 1.00 e. The van der Waals surface area contributed by atoms with Gasteiger partial charge in [-0.3, -0.25) is 0 Å². The molecule has 84 valence electrons. The average Bonchev–Trinajstić information content (AvgIpc) is 2.28. The predicted molar refractivity (Wildman–Crippen MR) is 59.5 cm³/mol. The van der Waals surface area contributed by atoms with Crippen molar-refractivity contribution in [3.63, 3.8) is 0 Å². The molecule has 1 rings (SSSR count). The second kappa shape index (κ2) is 8.75. The summed E-state index contributed by atoms with van der Waals surface area (Å²) in [4.78, 5) is 21.0. The van der Waals surface area contributed by atoms with E-state index in [1.54, 1.807) is 6.08 Å². The molecule has 0 aliphatic rings. The van der Waals surface area contributed by atoms with E-state index in [1.165, 1.54) is 6.26 Å². The molecule has 5 heteroatoms. The Morgan fingerprint density at radius 1 is 1.18 bits per heavy atom. The topological polar surface area (TPSA) is 63.6 Å². The van der Waals surface area contributed by atoms with Gasteiger partial charge in [0.05, 0.1) is 6.26 Å². The molecule has 0 aliphatic carbocycles. The fourth-order valence-corrected chi connectivity index (χ4v) is 0.922. The van der Waals surface area contributed by atoms with E-state index in [2.05, 4.69) is 4.74 Å². The summed E-state index contributed by atoms with van der Waals surface area (Å²) in [6.07, 6.45) is 4.38. The fourth-order valence-electron chi connectivity index (χ4n) is 0.922. The molecule has 0 saturated carbocycles. The summed E-state index contributed by atoms with van der Waals surface area (Å²) in [6, 6.07) is 9.27. The number of carboxylic acid groups (broad SMARTS) is 1. The second-order valence-corrected chi connectivity index (χ2v) is 2.82. The van der Waals surface area contributed by atoms with Crippen LogP contribution in [0.5, 0.6) is 0 Å². The minimum absolute atomic E-state index is 0. The first-order chi connectivity index (χ1) is 7.68. The maximum Gasteiger partial charge on any atom is 1.00 e. The minimum Gasteiger partial charge on any atom is -1.00 e. The number of carbonyl (C=O) groups excluding carboxylic acids is 1. The molecule has 0 aliphatic heterocycles. The fraction of sp³-hybridized carbons (Fsp3) is 0. The zero-order chi connectivity index (χ0) is 11.8. The van der Waals surface area contributed by atoms with Crippen molar-refractivity contribution in [2.45, 2.75) is 0 Å². The third kappa shape index (κ3) is 7.52. The molecule has 17 heavy (non-hydrogen) atoms. The van der Waals surface area contributed by atoms with Crippen LogP contribution in [0.25, 0.3) is 6.08 Å². The van der Waals surface area contributed by atoms with Gasteiger partial charge in [0, 0.05) is 12.2 Å². The third-order valence-electron chi connectivity index (χ3n) is 1.61. The van der Waals surface area contributed by atoms with Gasteiger partial charge < -0.3 is 11.3 Å². The number of benzene rings is 1. The van der Waals surface area contributed by atoms with Crippen LogP contribution in [-0.2, 0) is 14.3 Å². The summed E-state index contributed by atoms with van der Waals surface area (Å²) in [5.74, 6) is -1.92. The molecule has 1 aromatic carbocycles. The Labute approximate surface area is 122 Å². The molecule has 0 radical (unpaired) electrons. The van der Waals surface area contributed by atoms with Crippen LogP contribution >= 0.6 is 0 Å². The van der Waals surface area contributed by atoms with Gasteiger partial charge in [-0.15, -0.1) is 0 Å². The molecule has 0 bridgehead atoms. The Bertz CT molecular complexity index is 429. The van der Waals surface area contributed by atoms with E-state index >= 15 is 0 Å². The summed E-state index contributed by atoms with van der Waals surface area (Å²) in [5.41, 5.74) is 0.887. The summed E-state index contributed by atoms with van der Waals surface area (Å²) < 4.78 is 4.63. The number of hydrogen-bond acceptors (Lipinski definition) is 3. The maximum atomic E-state index is 10.9. The van der Waals surface area contributed by atoms with Crippen LogP contribution in [0, 0.1) is 0 Å². The van der Waals surface area contributed by atoms with Crippen LogP contribution in [0.15, 0.2) is 48.7 Å². The van der Waals surface area contributed by atoms with E-state index in [9.17, 15) is 9.59 Å². The summed E-state index contributed by atoms with van der Waals surface area (Å²) >= 11 is 0. The summed E-state index contributed by atoms with van der Waals surface area (Å²) in [6.45, 7) is 0. The molecule has 4 nitrogen and oxygen atoms in total. The smallest absolute Gasteiger partial charge is 1.00 e. The van der Waals surface area contributed by atoms with Gasteiger partial charge >= 0.3 is 41.5 Å². The molecule has 0 aromatic heterocycles. The molecule has 0 atom stereocenters. The number of rotatable bonds is 4. The van der Waals surface area contributed by atoms with E-state index in [4.69, 9.17) is 5.11 Å². The number of aliphatic carboxylic acids is 1. The molecule has 0 saturated heterocycles. The molecule has 0 unspecified atom stereocenters. The maximum absolute atomic E-state index is 10.9. The average molecular weight is 242 g/mol. The van der Waals surface area contributed by atoms with Gasteiger partial charge in [-0.05, 0) is 11.6 Å². The van der Waals surface area contributed by atoms with Gasteiger partial charge in [0.15, 0.2) is 0 Å². The number of carbonyl (C=O) groups is 2. The molecular formula is C12H11NaO4. The van der Waals surface area contributed by atoms with Crippen molar-refractivity contribution in [1.29, 1.82) is 0 Å². The van der Waals surface area contributed by atoms with Crippen molar-refractivity contribution >= 4 is 18.0 Å². The van der Waals surface area contributed by atoms with Crippen LogP contribution in [0.3, 0.4) is 0 Å². The van der Waals surface area contributed by atoms with Crippen LogP contribution in [0.2, 0.25) is 0 Å². The van der Waals surface area contributed by atoms with E-state index in [0.717, 1.165) is 17.7 Å². The molecule has 0 fully saturated rings. The number of ether oxygens (including phenoxy) is 1. The van der Waals surface area contributed by atoms with Gasteiger partial charge in [0.25, 0.3) is 0 Å². The normalized spacial score (nSPS) is 10.1. The Morgan fingerprint density at radius 2 is 1.82 bits per heavy atom. The van der Waals surface area contributed by atoms with Crippen LogP contribution < -0.4 is 29.6 Å². The van der Waals surface area contributed by atoms with Gasteiger partial charge in [-0.2, -0.15) is 0 Å². The Kier molecular flexibility index (Phi) is 8.05. The first-order valence-electron chi connectivity index (χ1n) is 4.52. The van der Waals surface area contributed by atoms with E-state index in [-0.39, 0.29) is 31.0 Å². The molecular weight excluding hydrogens is 231 g/mol. The molecule has 0 heterocycles. The SMILES string of the molecule is O=C(O)/C=C\C(=O)OC=Cc1ccccc1.[H-].[Na+]. The molecule has 0 spiro atoms. The van der Waals surface area contributed by atoms with Crippen molar-refractivity contribution in [2.24, 2.45) is 0 Å². The van der Waals surface area contributed by atoms with Crippen LogP contribution in [0.1, 0.15) is 6.99 Å². The number of carboxylic acids is 1. The van der Waals surface area contributed by atoms with Crippen molar-refractivity contribution in [3.8, 4) is 0 Å². The van der Waals surface area contributed by atoms with Gasteiger partial charge in [-0.1, -0.05) is 30.3 Å². The first kappa shape index (κ1) is 15.6. The predicted octanol–water partition coefficient (Wildman–Crippen LogP) is -1.04. The Hall–Kier alpha value is -1.36. The molecule has 1 N–H and O–H groups in total. The second-order valence-electron chi connectivity index (χ2n) is 2.82. The van der Waals surface area contributed by atoms with E-state index < -0.39 is 11.9 Å². The third-order valence-corrected chi connectivity index (χ3v) is 1.61. The zero-order valence-corrected chi connectivity index (χ0v) is 11.4. The Morgan fingerprint density at radius 3 is 2.41 bits per heavy atom.